The molecule has 23 heavy (non-hydrogen) atoms. The zero-order valence-electron chi connectivity index (χ0n) is 14.2. The number of hydrogen-bond acceptors (Lipinski definition) is 3. The third-order valence-electron chi connectivity index (χ3n) is 3.38. The Balaban J connectivity index is 2.49. The van der Waals surface area contributed by atoms with Crippen LogP contribution in [0.2, 0.25) is 5.02 Å². The molecule has 2 N–H and O–H groups in total. The highest BCUT2D eigenvalue weighted by Crippen LogP contribution is 2.15. The summed E-state index contributed by atoms with van der Waals surface area (Å²) in [5, 5.41) is 6.43. The first-order valence-electron chi connectivity index (χ1n) is 7.88. The minimum atomic E-state index is -0.108. The van der Waals surface area contributed by atoms with Gasteiger partial charge in [-0.2, -0.15) is 0 Å². The summed E-state index contributed by atoms with van der Waals surface area (Å²) in [4.78, 5) is 25.7. The molecule has 0 radical (unpaired) electrons. The van der Waals surface area contributed by atoms with Gasteiger partial charge in [0.1, 0.15) is 0 Å². The van der Waals surface area contributed by atoms with Crippen molar-refractivity contribution in [1.82, 2.24) is 15.5 Å². The van der Waals surface area contributed by atoms with Crippen molar-refractivity contribution in [2.24, 2.45) is 0 Å². The third-order valence-corrected chi connectivity index (χ3v) is 3.63. The fraction of sp³-hybridized carbons (Fsp3) is 0.529. The Labute approximate surface area is 143 Å². The van der Waals surface area contributed by atoms with E-state index in [9.17, 15) is 9.59 Å². The zero-order chi connectivity index (χ0) is 17.4. The molecular weight excluding hydrogens is 314 g/mol. The summed E-state index contributed by atoms with van der Waals surface area (Å²) < 4.78 is 0. The largest absolute Gasteiger partial charge is 0.353 e. The van der Waals surface area contributed by atoms with E-state index in [1.807, 2.05) is 44.7 Å². The van der Waals surface area contributed by atoms with Crippen molar-refractivity contribution in [2.45, 2.75) is 39.8 Å². The molecule has 0 heterocycles. The van der Waals surface area contributed by atoms with Crippen molar-refractivity contribution in [3.8, 4) is 0 Å². The van der Waals surface area contributed by atoms with Gasteiger partial charge in [0.05, 0.1) is 19.1 Å². The number of carbonyl (C=O) groups excluding carboxylic acids is 2. The van der Waals surface area contributed by atoms with Crippen molar-refractivity contribution < 1.29 is 9.59 Å². The minimum absolute atomic E-state index is 0.0691. The van der Waals surface area contributed by atoms with E-state index >= 15 is 0 Å². The monoisotopic (exact) mass is 339 g/mol. The van der Waals surface area contributed by atoms with Gasteiger partial charge in [0, 0.05) is 11.1 Å². The normalized spacial score (nSPS) is 12.3. The average molecular weight is 340 g/mol. The topological polar surface area (TPSA) is 61.4 Å². The van der Waals surface area contributed by atoms with E-state index in [-0.39, 0.29) is 37.0 Å². The number of benzene rings is 1. The van der Waals surface area contributed by atoms with Gasteiger partial charge in [0.25, 0.3) is 0 Å². The van der Waals surface area contributed by atoms with Gasteiger partial charge in [-0.05, 0) is 45.0 Å². The van der Waals surface area contributed by atoms with Gasteiger partial charge in [0.2, 0.25) is 11.8 Å². The van der Waals surface area contributed by atoms with Crippen LogP contribution >= 0.6 is 11.6 Å². The van der Waals surface area contributed by atoms with Crippen molar-refractivity contribution in [3.05, 3.63) is 34.9 Å². The van der Waals surface area contributed by atoms with Gasteiger partial charge in [-0.15, -0.1) is 0 Å². The van der Waals surface area contributed by atoms with Crippen LogP contribution in [0.15, 0.2) is 24.3 Å². The number of amides is 2. The van der Waals surface area contributed by atoms with Gasteiger partial charge in [-0.25, -0.2) is 0 Å². The molecular formula is C17H26ClN3O2. The summed E-state index contributed by atoms with van der Waals surface area (Å²) in [5.74, 6) is -0.174. The molecule has 1 atom stereocenters. The summed E-state index contributed by atoms with van der Waals surface area (Å²) in [6.45, 7) is 8.72. The first-order valence-corrected chi connectivity index (χ1v) is 8.26. The number of halogens is 1. The molecule has 0 unspecified atom stereocenters. The molecule has 0 aliphatic carbocycles. The molecule has 1 aromatic carbocycles. The number of carbonyl (C=O) groups is 2. The van der Waals surface area contributed by atoms with E-state index in [0.717, 1.165) is 5.56 Å². The average Bonchev–Trinajstić information content (AvgIpc) is 2.46. The Kier molecular flexibility index (Phi) is 8.06. The van der Waals surface area contributed by atoms with Crippen LogP contribution in [0.4, 0.5) is 0 Å². The van der Waals surface area contributed by atoms with Crippen LogP contribution in [0.25, 0.3) is 0 Å². The van der Waals surface area contributed by atoms with Gasteiger partial charge >= 0.3 is 0 Å². The van der Waals surface area contributed by atoms with E-state index in [4.69, 9.17) is 11.6 Å². The number of nitrogens with zero attached hydrogens (tertiary/aromatic N) is 1. The van der Waals surface area contributed by atoms with E-state index in [0.29, 0.717) is 11.6 Å². The number of rotatable bonds is 8. The van der Waals surface area contributed by atoms with E-state index in [1.54, 1.807) is 12.1 Å². The van der Waals surface area contributed by atoms with Gasteiger partial charge in [-0.1, -0.05) is 30.7 Å². The Morgan fingerprint density at radius 2 is 1.57 bits per heavy atom. The summed E-state index contributed by atoms with van der Waals surface area (Å²) in [5.41, 5.74) is 0.989. The number of nitrogens with one attached hydrogen (secondary N) is 2. The molecule has 6 heteroatoms. The highest BCUT2D eigenvalue weighted by molar-refractivity contribution is 6.30. The molecule has 0 aliphatic heterocycles. The van der Waals surface area contributed by atoms with E-state index in [2.05, 4.69) is 10.6 Å². The molecule has 1 rings (SSSR count). The van der Waals surface area contributed by atoms with E-state index < -0.39 is 0 Å². The fourth-order valence-electron chi connectivity index (χ4n) is 2.18. The number of likely N-dealkylation sites (N-methyl/N-ethyl adjacent to an activating group) is 1. The van der Waals surface area contributed by atoms with Crippen LogP contribution in [0, 0.1) is 0 Å². The Morgan fingerprint density at radius 1 is 1.04 bits per heavy atom. The van der Waals surface area contributed by atoms with Crippen LogP contribution in [-0.2, 0) is 9.59 Å². The standard InChI is InChI=1S/C17H26ClN3O2/c1-5-21(10-16(22)19-12(2)3)11-17(23)20-13(4)14-6-8-15(18)9-7-14/h6-9,12-13H,5,10-11H2,1-4H3,(H,19,22)(H,20,23)/t13-/m0/s1. The second-order valence-electron chi connectivity index (χ2n) is 5.87. The smallest absolute Gasteiger partial charge is 0.234 e. The summed E-state index contributed by atoms with van der Waals surface area (Å²) in [7, 11) is 0. The van der Waals surface area contributed by atoms with Crippen molar-refractivity contribution in [2.75, 3.05) is 19.6 Å². The molecule has 5 nitrogen and oxygen atoms in total. The SMILES string of the molecule is CCN(CC(=O)NC(C)C)CC(=O)N[C@@H](C)c1ccc(Cl)cc1. The second kappa shape index (κ2) is 9.53. The molecule has 0 spiro atoms. The Bertz CT molecular complexity index is 517. The molecule has 128 valence electrons. The first-order chi connectivity index (χ1) is 10.8. The lowest BCUT2D eigenvalue weighted by atomic mass is 10.1. The van der Waals surface area contributed by atoms with Crippen molar-refractivity contribution in [1.29, 1.82) is 0 Å². The van der Waals surface area contributed by atoms with Gasteiger partial charge in [-0.3, -0.25) is 14.5 Å². The molecule has 0 saturated carbocycles. The minimum Gasteiger partial charge on any atom is -0.353 e. The Morgan fingerprint density at radius 3 is 2.04 bits per heavy atom. The predicted octanol–water partition coefficient (Wildman–Crippen LogP) is 2.36. The molecule has 0 fully saturated rings. The lowest BCUT2D eigenvalue weighted by Gasteiger charge is -2.22. The van der Waals surface area contributed by atoms with E-state index in [1.165, 1.54) is 0 Å². The third kappa shape index (κ3) is 7.48. The lowest BCUT2D eigenvalue weighted by Crippen LogP contribution is -2.44. The number of hydrogen-bond donors (Lipinski definition) is 2. The van der Waals surface area contributed by atoms with Gasteiger partial charge < -0.3 is 10.6 Å². The van der Waals surface area contributed by atoms with Crippen LogP contribution in [0.1, 0.15) is 39.3 Å². The Hall–Kier alpha value is -1.59. The maximum atomic E-state index is 12.2. The van der Waals surface area contributed by atoms with Crippen molar-refractivity contribution >= 4 is 23.4 Å². The lowest BCUT2D eigenvalue weighted by molar-refractivity contribution is -0.125. The summed E-state index contributed by atoms with van der Waals surface area (Å²) in [6.07, 6.45) is 0. The molecule has 2 amide bonds. The highest BCUT2D eigenvalue weighted by Gasteiger charge is 2.15. The second-order valence-corrected chi connectivity index (χ2v) is 6.30. The highest BCUT2D eigenvalue weighted by atomic mass is 35.5. The van der Waals surface area contributed by atoms with Crippen LogP contribution in [0.3, 0.4) is 0 Å². The maximum Gasteiger partial charge on any atom is 0.234 e. The van der Waals surface area contributed by atoms with Crippen LogP contribution in [0.5, 0.6) is 0 Å². The summed E-state index contributed by atoms with van der Waals surface area (Å²) in [6, 6.07) is 7.37. The molecule has 0 aromatic heterocycles. The molecule has 0 bridgehead atoms. The first kappa shape index (κ1) is 19.5. The molecule has 0 saturated heterocycles. The maximum absolute atomic E-state index is 12.2. The van der Waals surface area contributed by atoms with Gasteiger partial charge in [0.15, 0.2) is 0 Å². The van der Waals surface area contributed by atoms with Crippen molar-refractivity contribution in [3.63, 3.8) is 0 Å². The summed E-state index contributed by atoms with van der Waals surface area (Å²) >= 11 is 5.86. The molecule has 1 aromatic rings. The van der Waals surface area contributed by atoms with Crippen LogP contribution in [-0.4, -0.2) is 42.4 Å². The fourth-order valence-corrected chi connectivity index (χ4v) is 2.30. The quantitative estimate of drug-likeness (QED) is 0.764. The molecule has 0 aliphatic rings. The predicted molar refractivity (Wildman–Crippen MR) is 93.4 cm³/mol. The van der Waals surface area contributed by atoms with Crippen LogP contribution < -0.4 is 10.6 Å². The zero-order valence-corrected chi connectivity index (χ0v) is 15.0.